The number of halogens is 1. The van der Waals surface area contributed by atoms with Crippen molar-refractivity contribution in [2.75, 3.05) is 25.3 Å². The number of carbonyl (C=O) groups is 1. The third-order valence-corrected chi connectivity index (χ3v) is 5.73. The largest absolute Gasteiger partial charge is 0.493 e. The van der Waals surface area contributed by atoms with Crippen molar-refractivity contribution in [3.05, 3.63) is 88.5 Å². The Morgan fingerprint density at radius 2 is 1.71 bits per heavy atom. The molecule has 6 nitrogen and oxygen atoms in total. The third kappa shape index (κ3) is 5.24. The molecule has 1 amide bonds. The van der Waals surface area contributed by atoms with Crippen LogP contribution in [0.2, 0.25) is 5.02 Å². The molecule has 4 rings (SSSR count). The van der Waals surface area contributed by atoms with Gasteiger partial charge in [-0.15, -0.1) is 0 Å². The summed E-state index contributed by atoms with van der Waals surface area (Å²) in [4.78, 5) is 12.9. The van der Waals surface area contributed by atoms with Gasteiger partial charge in [-0.3, -0.25) is 4.79 Å². The summed E-state index contributed by atoms with van der Waals surface area (Å²) in [6, 6.07) is 20.4. The maximum absolute atomic E-state index is 12.9. The molecular formula is C27H25ClN2O4. The summed E-state index contributed by atoms with van der Waals surface area (Å²) in [6.45, 7) is 4.47. The summed E-state index contributed by atoms with van der Waals surface area (Å²) >= 11 is 6.05. The van der Waals surface area contributed by atoms with Crippen LogP contribution in [0.5, 0.6) is 17.2 Å². The zero-order valence-corrected chi connectivity index (χ0v) is 20.0. The topological polar surface area (TPSA) is 60.4 Å². The fourth-order valence-electron chi connectivity index (χ4n) is 3.51. The van der Waals surface area contributed by atoms with E-state index in [0.29, 0.717) is 41.0 Å². The quantitative estimate of drug-likeness (QED) is 0.299. The number of amides is 1. The van der Waals surface area contributed by atoms with Gasteiger partial charge < -0.3 is 14.2 Å². The van der Waals surface area contributed by atoms with Gasteiger partial charge in [-0.1, -0.05) is 35.9 Å². The van der Waals surface area contributed by atoms with Gasteiger partial charge in [0.25, 0.3) is 5.91 Å². The normalized spacial score (nSPS) is 14.4. The number of anilines is 1. The molecular weight excluding hydrogens is 452 g/mol. The fourth-order valence-corrected chi connectivity index (χ4v) is 3.62. The van der Waals surface area contributed by atoms with Gasteiger partial charge in [-0.25, -0.2) is 0 Å². The van der Waals surface area contributed by atoms with Gasteiger partial charge in [0.15, 0.2) is 11.5 Å². The summed E-state index contributed by atoms with van der Waals surface area (Å²) in [7, 11) is 1.58. The van der Waals surface area contributed by atoms with Crippen LogP contribution in [0, 0.1) is 6.92 Å². The molecule has 3 aromatic carbocycles. The van der Waals surface area contributed by atoms with E-state index in [0.717, 1.165) is 22.6 Å². The Morgan fingerprint density at radius 3 is 2.44 bits per heavy atom. The number of rotatable bonds is 8. The van der Waals surface area contributed by atoms with Crippen molar-refractivity contribution in [3.8, 4) is 17.2 Å². The van der Waals surface area contributed by atoms with Gasteiger partial charge in [-0.2, -0.15) is 10.1 Å². The number of ether oxygens (including phenoxy) is 3. The van der Waals surface area contributed by atoms with E-state index < -0.39 is 0 Å². The number of benzene rings is 3. The van der Waals surface area contributed by atoms with E-state index in [-0.39, 0.29) is 5.91 Å². The van der Waals surface area contributed by atoms with Crippen LogP contribution < -0.4 is 19.2 Å². The summed E-state index contributed by atoms with van der Waals surface area (Å²) in [5.74, 6) is 1.73. The highest BCUT2D eigenvalue weighted by molar-refractivity contribution is 6.32. The van der Waals surface area contributed by atoms with Crippen LogP contribution >= 0.6 is 11.6 Å². The van der Waals surface area contributed by atoms with Crippen LogP contribution in [0.15, 0.2) is 77.4 Å². The van der Waals surface area contributed by atoms with Gasteiger partial charge in [0, 0.05) is 5.02 Å². The molecule has 0 N–H and O–H groups in total. The highest BCUT2D eigenvalue weighted by Crippen LogP contribution is 2.31. The average molecular weight is 477 g/mol. The van der Waals surface area contributed by atoms with Crippen LogP contribution in [0.4, 0.5) is 5.69 Å². The number of carbonyl (C=O) groups excluding carboxylic acids is 1. The predicted molar refractivity (Wildman–Crippen MR) is 135 cm³/mol. The first-order valence-electron chi connectivity index (χ1n) is 10.8. The van der Waals surface area contributed by atoms with Crippen molar-refractivity contribution in [2.24, 2.45) is 5.10 Å². The van der Waals surface area contributed by atoms with E-state index in [1.807, 2.05) is 86.7 Å². The lowest BCUT2D eigenvalue weighted by Gasteiger charge is -2.13. The molecule has 0 bridgehead atoms. The minimum atomic E-state index is -0.169. The Balaban J connectivity index is 1.41. The fraction of sp³-hybridized carbons (Fsp3) is 0.185. The summed E-state index contributed by atoms with van der Waals surface area (Å²) in [6.07, 6.45) is 1.81. The number of hydrogen-bond acceptors (Lipinski definition) is 5. The zero-order chi connectivity index (χ0) is 24.1. The van der Waals surface area contributed by atoms with E-state index in [1.165, 1.54) is 5.01 Å². The second-order valence-electron chi connectivity index (χ2n) is 7.71. The first kappa shape index (κ1) is 23.4. The Hall–Kier alpha value is -3.77. The van der Waals surface area contributed by atoms with E-state index in [4.69, 9.17) is 25.8 Å². The van der Waals surface area contributed by atoms with Crippen LogP contribution in [-0.4, -0.2) is 31.9 Å². The smallest absolute Gasteiger partial charge is 0.280 e. The van der Waals surface area contributed by atoms with Crippen LogP contribution in [0.25, 0.3) is 6.08 Å². The molecule has 0 fully saturated rings. The molecule has 174 valence electrons. The van der Waals surface area contributed by atoms with Crippen molar-refractivity contribution in [2.45, 2.75) is 13.8 Å². The second-order valence-corrected chi connectivity index (χ2v) is 8.12. The predicted octanol–water partition coefficient (Wildman–Crippen LogP) is 5.92. The van der Waals surface area contributed by atoms with Crippen molar-refractivity contribution in [1.82, 2.24) is 0 Å². The lowest BCUT2D eigenvalue weighted by Crippen LogP contribution is -2.21. The number of nitrogens with zero attached hydrogens (tertiary/aromatic N) is 2. The van der Waals surface area contributed by atoms with Crippen LogP contribution in [-0.2, 0) is 4.79 Å². The molecule has 1 aliphatic heterocycles. The Bertz CT molecular complexity index is 1250. The molecule has 0 aromatic heterocycles. The van der Waals surface area contributed by atoms with Crippen molar-refractivity contribution in [3.63, 3.8) is 0 Å². The summed E-state index contributed by atoms with van der Waals surface area (Å²) in [5.41, 5.74) is 3.69. The minimum absolute atomic E-state index is 0.169. The molecule has 0 atom stereocenters. The molecule has 0 saturated carbocycles. The van der Waals surface area contributed by atoms with Crippen molar-refractivity contribution < 1.29 is 19.0 Å². The maximum atomic E-state index is 12.9. The van der Waals surface area contributed by atoms with E-state index >= 15 is 0 Å². The highest BCUT2D eigenvalue weighted by Gasteiger charge is 2.28. The summed E-state index contributed by atoms with van der Waals surface area (Å²) in [5, 5.41) is 6.54. The Morgan fingerprint density at radius 1 is 0.941 bits per heavy atom. The first-order chi connectivity index (χ1) is 16.5. The van der Waals surface area contributed by atoms with Gasteiger partial charge >= 0.3 is 0 Å². The SMILES string of the molecule is COc1cc(C=C2C(=O)N(c3ccccc3)N=C2C)ccc1OCCOc1ccc(Cl)c(C)c1. The lowest BCUT2D eigenvalue weighted by atomic mass is 10.1. The first-order valence-corrected chi connectivity index (χ1v) is 11.2. The number of methoxy groups -OCH3 is 1. The molecule has 3 aromatic rings. The number of hydrazone groups is 1. The highest BCUT2D eigenvalue weighted by atomic mass is 35.5. The zero-order valence-electron chi connectivity index (χ0n) is 19.2. The van der Waals surface area contributed by atoms with E-state index in [9.17, 15) is 4.79 Å². The van der Waals surface area contributed by atoms with E-state index in [2.05, 4.69) is 5.10 Å². The van der Waals surface area contributed by atoms with Crippen LogP contribution in [0.1, 0.15) is 18.1 Å². The molecule has 34 heavy (non-hydrogen) atoms. The number of aryl methyl sites for hydroxylation is 1. The lowest BCUT2D eigenvalue weighted by molar-refractivity contribution is -0.114. The molecule has 7 heteroatoms. The molecule has 0 saturated heterocycles. The molecule has 0 spiro atoms. The standard InChI is InChI=1S/C27H25ClN2O4/c1-18-15-22(10-11-24(18)28)33-13-14-34-25-12-9-20(17-26(25)32-3)16-23-19(2)29-30(27(23)31)21-7-5-4-6-8-21/h4-12,15-17H,13-14H2,1-3H3. The minimum Gasteiger partial charge on any atom is -0.493 e. The van der Waals surface area contributed by atoms with Crippen molar-refractivity contribution in [1.29, 1.82) is 0 Å². The van der Waals surface area contributed by atoms with Gasteiger partial charge in [0.2, 0.25) is 0 Å². The second kappa shape index (κ2) is 10.4. The van der Waals surface area contributed by atoms with Crippen molar-refractivity contribution >= 4 is 35.0 Å². The Kier molecular flexibility index (Phi) is 7.18. The van der Waals surface area contributed by atoms with Gasteiger partial charge in [0.1, 0.15) is 19.0 Å². The van der Waals surface area contributed by atoms with Gasteiger partial charge in [-0.05, 0) is 73.5 Å². The number of hydrogen-bond donors (Lipinski definition) is 0. The molecule has 1 heterocycles. The third-order valence-electron chi connectivity index (χ3n) is 5.30. The van der Waals surface area contributed by atoms with Gasteiger partial charge in [0.05, 0.1) is 24.1 Å². The maximum Gasteiger partial charge on any atom is 0.280 e. The average Bonchev–Trinajstić information content (AvgIpc) is 3.13. The number of para-hydroxylation sites is 1. The Labute approximate surface area is 204 Å². The van der Waals surface area contributed by atoms with Crippen LogP contribution in [0.3, 0.4) is 0 Å². The summed E-state index contributed by atoms with van der Waals surface area (Å²) < 4.78 is 17.1. The van der Waals surface area contributed by atoms with E-state index in [1.54, 1.807) is 7.11 Å². The molecule has 1 aliphatic rings. The monoisotopic (exact) mass is 476 g/mol. The molecule has 0 unspecified atom stereocenters. The molecule has 0 aliphatic carbocycles. The molecule has 0 radical (unpaired) electrons.